The second kappa shape index (κ2) is 15.6. The number of esters is 2. The summed E-state index contributed by atoms with van der Waals surface area (Å²) in [7, 11) is -8.86. The molecule has 3 aromatic carbocycles. The van der Waals surface area contributed by atoms with Gasteiger partial charge >= 0.3 is 27.3 Å². The van der Waals surface area contributed by atoms with E-state index in [1.54, 1.807) is 91.0 Å². The van der Waals surface area contributed by atoms with Crippen LogP contribution in [0.5, 0.6) is 0 Å². The molecule has 7 nitrogen and oxygen atoms in total. The molecular formula is C31H35F2O7S2+. The van der Waals surface area contributed by atoms with Gasteiger partial charge < -0.3 is 9.47 Å². The molecule has 3 aromatic rings. The van der Waals surface area contributed by atoms with E-state index in [9.17, 15) is 18.0 Å². The number of benzene rings is 3. The van der Waals surface area contributed by atoms with E-state index in [1.165, 1.54) is 0 Å². The molecule has 226 valence electrons. The Hall–Kier alpha value is -3.54. The smallest absolute Gasteiger partial charge is 0.463 e. The maximum Gasteiger partial charge on any atom is 0.514 e. The average molecular weight is 622 g/mol. The molecule has 11 heteroatoms. The van der Waals surface area contributed by atoms with Crippen molar-refractivity contribution in [1.82, 2.24) is 0 Å². The fraction of sp³-hybridized carbons (Fsp3) is 0.290. The Labute approximate surface area is 247 Å². The highest BCUT2D eigenvalue weighted by molar-refractivity contribution is 8.32. The number of hydrogen-bond donors (Lipinski definition) is 0. The summed E-state index contributed by atoms with van der Waals surface area (Å²) in [4.78, 5) is 24.7. The highest BCUT2D eigenvalue weighted by atomic mass is 32.3. The van der Waals surface area contributed by atoms with Crippen molar-refractivity contribution in [2.45, 2.75) is 58.5 Å². The predicted octanol–water partition coefficient (Wildman–Crippen LogP) is 7.51. The monoisotopic (exact) mass is 621 g/mol. The third-order valence-corrected chi connectivity index (χ3v) is 11.6. The lowest BCUT2D eigenvalue weighted by molar-refractivity contribution is -0.161. The minimum Gasteiger partial charge on any atom is -0.463 e. The third-order valence-electron chi connectivity index (χ3n) is 6.21. The Morgan fingerprint density at radius 3 is 1.48 bits per heavy atom. The number of ether oxygens (including phenoxy) is 2. The van der Waals surface area contributed by atoms with Crippen molar-refractivity contribution in [3.63, 3.8) is 0 Å². The summed E-state index contributed by atoms with van der Waals surface area (Å²) in [5, 5.41) is -4.90. The van der Waals surface area contributed by atoms with Gasteiger partial charge in [0.05, 0.1) is 38.2 Å². The first kappa shape index (κ1) is 33.0. The molecule has 0 unspecified atom stereocenters. The van der Waals surface area contributed by atoms with Gasteiger partial charge in [0, 0.05) is 6.08 Å². The van der Waals surface area contributed by atoms with Crippen LogP contribution in [0.15, 0.2) is 118 Å². The van der Waals surface area contributed by atoms with Crippen LogP contribution in [0.25, 0.3) is 0 Å². The van der Waals surface area contributed by atoms with Gasteiger partial charge in [-0.2, -0.15) is 8.78 Å². The van der Waals surface area contributed by atoms with Crippen LogP contribution in [0.3, 0.4) is 0 Å². The fourth-order valence-electron chi connectivity index (χ4n) is 4.08. The molecule has 0 aliphatic rings. The van der Waals surface area contributed by atoms with Crippen LogP contribution in [0.4, 0.5) is 8.78 Å². The molecular weight excluding hydrogens is 586 g/mol. The zero-order valence-corrected chi connectivity index (χ0v) is 24.7. The van der Waals surface area contributed by atoms with Crippen LogP contribution in [-0.2, 0) is 29.2 Å². The first-order chi connectivity index (χ1) is 20.1. The molecule has 0 aliphatic carbocycles. The Balaban J connectivity index is 1.70. The van der Waals surface area contributed by atoms with Gasteiger partial charge in [-0.15, -0.1) is 8.42 Å². The Kier molecular flexibility index (Phi) is 12.3. The number of carbonyl (C=O) groups excluding carboxylic acids is 2. The van der Waals surface area contributed by atoms with Gasteiger partial charge in [-0.05, 0) is 49.2 Å². The van der Waals surface area contributed by atoms with Gasteiger partial charge in [-0.1, -0.05) is 86.9 Å². The van der Waals surface area contributed by atoms with Crippen LogP contribution in [0.2, 0.25) is 0 Å². The molecule has 0 radical (unpaired) electrons. The van der Waals surface area contributed by atoms with Gasteiger partial charge in [0.1, 0.15) is 0 Å². The molecule has 3 rings (SSSR count). The lowest BCUT2D eigenvalue weighted by atomic mass is 10.1. The van der Waals surface area contributed by atoms with E-state index in [2.05, 4.69) is 10.2 Å². The molecule has 0 atom stereocenters. The Bertz CT molecular complexity index is 1300. The minimum atomic E-state index is -5.72. The molecule has 0 saturated carbocycles. The number of hydrogen-bond acceptors (Lipinski definition) is 6. The summed E-state index contributed by atoms with van der Waals surface area (Å²) in [6.45, 7) is 3.25. The summed E-state index contributed by atoms with van der Waals surface area (Å²) in [5.41, 5.74) is 0. The Morgan fingerprint density at radius 1 is 0.690 bits per heavy atom. The van der Waals surface area contributed by atoms with Gasteiger partial charge in [0.25, 0.3) is 0 Å². The van der Waals surface area contributed by atoms with Crippen LogP contribution in [0.1, 0.15) is 38.5 Å². The Morgan fingerprint density at radius 2 is 1.07 bits per heavy atom. The van der Waals surface area contributed by atoms with E-state index in [4.69, 9.17) is 9.47 Å². The van der Waals surface area contributed by atoms with E-state index in [-0.39, 0.29) is 13.0 Å². The second-order valence-corrected chi connectivity index (χ2v) is 13.8. The number of carbonyl (C=O) groups is 2. The molecule has 0 amide bonds. The van der Waals surface area contributed by atoms with Gasteiger partial charge in [-0.3, -0.25) is 3.63 Å². The van der Waals surface area contributed by atoms with Crippen molar-refractivity contribution in [2.24, 2.45) is 0 Å². The summed E-state index contributed by atoms with van der Waals surface area (Å²) in [6, 6.07) is 25.1. The summed E-state index contributed by atoms with van der Waals surface area (Å²) < 4.78 is 70.8. The number of halogens is 2. The molecule has 0 saturated heterocycles. The maximum absolute atomic E-state index is 15.3. The van der Waals surface area contributed by atoms with E-state index < -0.39 is 37.6 Å². The first-order valence-electron chi connectivity index (χ1n) is 13.5. The van der Waals surface area contributed by atoms with Crippen molar-refractivity contribution in [2.75, 3.05) is 13.2 Å². The summed E-state index contributed by atoms with van der Waals surface area (Å²) in [5.74, 6) is -2.63. The standard InChI is InChI=1S/C31H34F2O7S2/c1-2-29(34)38-24-16-5-3-4-6-17-25-39-30(35)31(32,33)42(36,37)40-41(26-18-10-7-11-19-26,27-20-12-8-13-21-27)28-22-14-9-15-23-28/h2,7-15,18-23H,1,3-6,16-17,24-25H2/p+1. The van der Waals surface area contributed by atoms with E-state index in [1.807, 2.05) is 0 Å². The molecule has 0 aromatic heterocycles. The lowest BCUT2D eigenvalue weighted by Crippen LogP contribution is -2.42. The normalized spacial score (nSPS) is 12.3. The van der Waals surface area contributed by atoms with Crippen molar-refractivity contribution < 1.29 is 39.9 Å². The number of unbranched alkanes of at least 4 members (excludes halogenated alkanes) is 5. The number of alkyl halides is 2. The van der Waals surface area contributed by atoms with Crippen LogP contribution < -0.4 is 0 Å². The second-order valence-electron chi connectivity index (χ2n) is 9.21. The third kappa shape index (κ3) is 8.27. The van der Waals surface area contributed by atoms with Gasteiger partial charge in [-0.25, -0.2) is 9.59 Å². The molecule has 1 N–H and O–H groups in total. The summed E-state index contributed by atoms with van der Waals surface area (Å²) >= 11 is 0. The van der Waals surface area contributed by atoms with E-state index in [0.29, 0.717) is 34.1 Å². The van der Waals surface area contributed by atoms with Gasteiger partial charge in [0.15, 0.2) is 0 Å². The first-order valence-corrected chi connectivity index (χ1v) is 16.5. The molecule has 0 aliphatic heterocycles. The van der Waals surface area contributed by atoms with Crippen molar-refractivity contribution in [1.29, 1.82) is 0 Å². The van der Waals surface area contributed by atoms with Gasteiger partial charge in [0.2, 0.25) is 0 Å². The van der Waals surface area contributed by atoms with E-state index in [0.717, 1.165) is 25.3 Å². The number of rotatable bonds is 17. The zero-order valence-electron chi connectivity index (χ0n) is 23.1. The highest BCUT2D eigenvalue weighted by Crippen LogP contribution is 2.68. The fourth-order valence-corrected chi connectivity index (χ4v) is 9.40. The molecule has 0 spiro atoms. The zero-order chi connectivity index (χ0) is 30.5. The largest absolute Gasteiger partial charge is 0.514 e. The molecule has 42 heavy (non-hydrogen) atoms. The van der Waals surface area contributed by atoms with E-state index >= 15 is 8.78 Å². The quantitative estimate of drug-likeness (QED) is 0.0509. The average Bonchev–Trinajstić information content (AvgIpc) is 3.01. The lowest BCUT2D eigenvalue weighted by Gasteiger charge is -2.35. The van der Waals surface area contributed by atoms with Crippen molar-refractivity contribution in [3.8, 4) is 0 Å². The van der Waals surface area contributed by atoms with Crippen LogP contribution in [0, 0.1) is 0 Å². The summed E-state index contributed by atoms with van der Waals surface area (Å²) in [6.07, 6.45) is 5.01. The SMILES string of the molecule is C=CC(=O)OCCCCCCCCOC(=O)C(F)(F)S(=O)(=O)[OH+]S(c1ccccc1)(c1ccccc1)c1ccccc1. The predicted molar refractivity (Wildman–Crippen MR) is 158 cm³/mol. The maximum atomic E-state index is 15.3. The van der Waals surface area contributed by atoms with Crippen LogP contribution >= 0.6 is 10.3 Å². The minimum absolute atomic E-state index is 0.289. The van der Waals surface area contributed by atoms with Crippen molar-refractivity contribution >= 4 is 32.4 Å². The molecule has 0 fully saturated rings. The topological polar surface area (TPSA) is 99.5 Å². The van der Waals surface area contributed by atoms with Crippen LogP contribution in [-0.4, -0.2) is 42.5 Å². The molecule has 0 heterocycles. The molecule has 0 bridgehead atoms. The highest BCUT2D eigenvalue weighted by Gasteiger charge is 2.63. The van der Waals surface area contributed by atoms with Crippen molar-refractivity contribution in [3.05, 3.63) is 104 Å².